The zero-order chi connectivity index (χ0) is 18.4. The number of rotatable bonds is 7. The minimum atomic E-state index is -0.308. The molecule has 2 rings (SSSR count). The number of benzene rings is 2. The molecule has 0 saturated carbocycles. The van der Waals surface area contributed by atoms with Gasteiger partial charge in [-0.2, -0.15) is 0 Å². The SMILES string of the molecule is COc1ccc(CC(=O)N[C@@H](C)c2ccc(F)cc2)c(OC)c1OC. The molecule has 134 valence electrons. The number of hydrogen-bond donors (Lipinski definition) is 1. The number of methoxy groups -OCH3 is 3. The van der Waals surface area contributed by atoms with Gasteiger partial charge < -0.3 is 19.5 Å². The molecule has 0 aliphatic rings. The molecule has 1 amide bonds. The Morgan fingerprint density at radius 1 is 1.00 bits per heavy atom. The molecule has 0 unspecified atom stereocenters. The van der Waals surface area contributed by atoms with Crippen molar-refractivity contribution in [3.8, 4) is 17.2 Å². The standard InChI is InChI=1S/C19H22FNO4/c1-12(13-5-8-15(20)9-6-13)21-17(22)11-14-7-10-16(23-2)19(25-4)18(14)24-3/h5-10,12H,11H2,1-4H3,(H,21,22)/t12-/m0/s1. The molecule has 2 aromatic rings. The van der Waals surface area contributed by atoms with Crippen molar-refractivity contribution in [3.63, 3.8) is 0 Å². The summed E-state index contributed by atoms with van der Waals surface area (Å²) < 4.78 is 28.9. The lowest BCUT2D eigenvalue weighted by atomic mass is 10.1. The van der Waals surface area contributed by atoms with E-state index >= 15 is 0 Å². The van der Waals surface area contributed by atoms with Gasteiger partial charge in [0.15, 0.2) is 11.5 Å². The normalized spacial score (nSPS) is 11.6. The third kappa shape index (κ3) is 4.41. The maximum atomic E-state index is 13.0. The van der Waals surface area contributed by atoms with Gasteiger partial charge in [0.1, 0.15) is 5.82 Å². The highest BCUT2D eigenvalue weighted by atomic mass is 19.1. The zero-order valence-electron chi connectivity index (χ0n) is 14.8. The van der Waals surface area contributed by atoms with Gasteiger partial charge >= 0.3 is 0 Å². The van der Waals surface area contributed by atoms with Crippen molar-refractivity contribution in [1.82, 2.24) is 5.32 Å². The van der Waals surface area contributed by atoms with E-state index in [1.54, 1.807) is 24.3 Å². The molecule has 5 nitrogen and oxygen atoms in total. The van der Waals surface area contributed by atoms with E-state index in [4.69, 9.17) is 14.2 Å². The largest absolute Gasteiger partial charge is 0.493 e. The Bertz CT molecular complexity index is 731. The van der Waals surface area contributed by atoms with Gasteiger partial charge in [-0.3, -0.25) is 4.79 Å². The molecular weight excluding hydrogens is 325 g/mol. The van der Waals surface area contributed by atoms with Gasteiger partial charge in [-0.15, -0.1) is 0 Å². The topological polar surface area (TPSA) is 56.8 Å². The smallest absolute Gasteiger partial charge is 0.225 e. The van der Waals surface area contributed by atoms with Crippen LogP contribution in [0.3, 0.4) is 0 Å². The highest BCUT2D eigenvalue weighted by Gasteiger charge is 2.18. The molecule has 0 aliphatic carbocycles. The molecule has 0 saturated heterocycles. The summed E-state index contributed by atoms with van der Waals surface area (Å²) in [6.07, 6.45) is 0.120. The second kappa shape index (κ2) is 8.37. The second-order valence-corrected chi connectivity index (χ2v) is 5.51. The van der Waals surface area contributed by atoms with E-state index in [0.29, 0.717) is 22.8 Å². The lowest BCUT2D eigenvalue weighted by Crippen LogP contribution is -2.28. The molecule has 6 heteroatoms. The zero-order valence-corrected chi connectivity index (χ0v) is 14.8. The lowest BCUT2D eigenvalue weighted by molar-refractivity contribution is -0.121. The Kier molecular flexibility index (Phi) is 6.22. The molecule has 0 heterocycles. The minimum Gasteiger partial charge on any atom is -0.493 e. The lowest BCUT2D eigenvalue weighted by Gasteiger charge is -2.17. The molecule has 1 N–H and O–H groups in total. The summed E-state index contributed by atoms with van der Waals surface area (Å²) in [5, 5.41) is 2.89. The summed E-state index contributed by atoms with van der Waals surface area (Å²) in [6, 6.07) is 9.30. The van der Waals surface area contributed by atoms with Crippen LogP contribution in [0.25, 0.3) is 0 Å². The fourth-order valence-electron chi connectivity index (χ4n) is 2.60. The first-order valence-electron chi connectivity index (χ1n) is 7.82. The summed E-state index contributed by atoms with van der Waals surface area (Å²) in [4.78, 5) is 12.4. The number of nitrogens with one attached hydrogen (secondary N) is 1. The second-order valence-electron chi connectivity index (χ2n) is 5.51. The molecule has 0 spiro atoms. The third-order valence-electron chi connectivity index (χ3n) is 3.88. The van der Waals surface area contributed by atoms with Crippen LogP contribution in [0.4, 0.5) is 4.39 Å². The van der Waals surface area contributed by atoms with Crippen LogP contribution in [-0.2, 0) is 11.2 Å². The molecule has 25 heavy (non-hydrogen) atoms. The maximum Gasteiger partial charge on any atom is 0.225 e. The van der Waals surface area contributed by atoms with Gasteiger partial charge in [-0.25, -0.2) is 4.39 Å². The Labute approximate surface area is 146 Å². The van der Waals surface area contributed by atoms with E-state index in [9.17, 15) is 9.18 Å². The Hall–Kier alpha value is -2.76. The quantitative estimate of drug-likeness (QED) is 0.835. The number of carbonyl (C=O) groups excluding carboxylic acids is 1. The van der Waals surface area contributed by atoms with Crippen molar-refractivity contribution < 1.29 is 23.4 Å². The van der Waals surface area contributed by atoms with Crippen LogP contribution in [0, 0.1) is 5.82 Å². The van der Waals surface area contributed by atoms with Crippen LogP contribution >= 0.6 is 0 Å². The summed E-state index contributed by atoms with van der Waals surface area (Å²) in [5.41, 5.74) is 1.51. The summed E-state index contributed by atoms with van der Waals surface area (Å²) in [6.45, 7) is 1.84. The first-order chi connectivity index (χ1) is 12.0. The van der Waals surface area contributed by atoms with E-state index in [2.05, 4.69) is 5.32 Å². The van der Waals surface area contributed by atoms with E-state index in [1.165, 1.54) is 33.5 Å². The molecular formula is C19H22FNO4. The average Bonchev–Trinajstić information content (AvgIpc) is 2.61. The Morgan fingerprint density at radius 3 is 2.20 bits per heavy atom. The number of hydrogen-bond acceptors (Lipinski definition) is 4. The minimum absolute atomic E-state index is 0.120. The van der Waals surface area contributed by atoms with Gasteiger partial charge in [-0.05, 0) is 30.7 Å². The van der Waals surface area contributed by atoms with E-state index in [0.717, 1.165) is 5.56 Å². The van der Waals surface area contributed by atoms with Gasteiger partial charge in [0.05, 0.1) is 33.8 Å². The Balaban J connectivity index is 2.13. The molecule has 0 fully saturated rings. The third-order valence-corrected chi connectivity index (χ3v) is 3.88. The fourth-order valence-corrected chi connectivity index (χ4v) is 2.60. The monoisotopic (exact) mass is 347 g/mol. The van der Waals surface area contributed by atoms with Crippen molar-refractivity contribution in [2.75, 3.05) is 21.3 Å². The summed E-state index contributed by atoms with van der Waals surface area (Å²) in [5.74, 6) is 0.955. The van der Waals surface area contributed by atoms with Crippen LogP contribution in [0.15, 0.2) is 36.4 Å². The predicted molar refractivity (Wildman–Crippen MR) is 92.8 cm³/mol. The first-order valence-corrected chi connectivity index (χ1v) is 7.82. The van der Waals surface area contributed by atoms with E-state index in [-0.39, 0.29) is 24.2 Å². The van der Waals surface area contributed by atoms with Crippen molar-refractivity contribution in [2.45, 2.75) is 19.4 Å². The number of amides is 1. The molecule has 0 aromatic heterocycles. The molecule has 2 aromatic carbocycles. The molecule has 0 radical (unpaired) electrons. The Morgan fingerprint density at radius 2 is 1.64 bits per heavy atom. The molecule has 0 aliphatic heterocycles. The molecule has 0 bridgehead atoms. The average molecular weight is 347 g/mol. The van der Waals surface area contributed by atoms with Gasteiger partial charge in [-0.1, -0.05) is 18.2 Å². The number of carbonyl (C=O) groups is 1. The van der Waals surface area contributed by atoms with Crippen LogP contribution in [0.2, 0.25) is 0 Å². The molecule has 1 atom stereocenters. The van der Waals surface area contributed by atoms with Crippen LogP contribution < -0.4 is 19.5 Å². The van der Waals surface area contributed by atoms with E-state index < -0.39 is 0 Å². The summed E-state index contributed by atoms with van der Waals surface area (Å²) >= 11 is 0. The van der Waals surface area contributed by atoms with Crippen LogP contribution in [0.1, 0.15) is 24.1 Å². The first kappa shape index (κ1) is 18.6. The van der Waals surface area contributed by atoms with Gasteiger partial charge in [0, 0.05) is 5.56 Å². The fraction of sp³-hybridized carbons (Fsp3) is 0.316. The number of ether oxygens (including phenoxy) is 3. The van der Waals surface area contributed by atoms with Crippen LogP contribution in [-0.4, -0.2) is 27.2 Å². The van der Waals surface area contributed by atoms with Crippen LogP contribution in [0.5, 0.6) is 17.2 Å². The van der Waals surface area contributed by atoms with Gasteiger partial charge in [0.25, 0.3) is 0 Å². The highest BCUT2D eigenvalue weighted by molar-refractivity contribution is 5.80. The highest BCUT2D eigenvalue weighted by Crippen LogP contribution is 2.39. The van der Waals surface area contributed by atoms with Crippen molar-refractivity contribution in [2.24, 2.45) is 0 Å². The predicted octanol–water partition coefficient (Wildman–Crippen LogP) is 3.27. The van der Waals surface area contributed by atoms with Gasteiger partial charge in [0.2, 0.25) is 11.7 Å². The van der Waals surface area contributed by atoms with E-state index in [1.807, 2.05) is 6.92 Å². The number of halogens is 1. The summed E-state index contributed by atoms with van der Waals surface area (Å²) in [7, 11) is 4.56. The maximum absolute atomic E-state index is 13.0. The van der Waals surface area contributed by atoms with Crippen molar-refractivity contribution >= 4 is 5.91 Å². The van der Waals surface area contributed by atoms with Crippen molar-refractivity contribution in [3.05, 3.63) is 53.3 Å². The van der Waals surface area contributed by atoms with Crippen molar-refractivity contribution in [1.29, 1.82) is 0 Å².